The van der Waals surface area contributed by atoms with Crippen molar-refractivity contribution in [3.05, 3.63) is 53.1 Å². The van der Waals surface area contributed by atoms with Gasteiger partial charge in [0.05, 0.1) is 17.8 Å². The second-order valence-electron chi connectivity index (χ2n) is 7.06. The van der Waals surface area contributed by atoms with E-state index in [-0.39, 0.29) is 6.42 Å². The van der Waals surface area contributed by atoms with Gasteiger partial charge in [-0.25, -0.2) is 4.52 Å². The Morgan fingerprint density at radius 2 is 2.07 bits per heavy atom. The van der Waals surface area contributed by atoms with Crippen LogP contribution in [0.4, 0.5) is 0 Å². The van der Waals surface area contributed by atoms with Crippen molar-refractivity contribution in [3.63, 3.8) is 0 Å². The predicted molar refractivity (Wildman–Crippen MR) is 108 cm³/mol. The van der Waals surface area contributed by atoms with Crippen LogP contribution < -0.4 is 0 Å². The highest BCUT2D eigenvalue weighted by molar-refractivity contribution is 5.83. The van der Waals surface area contributed by atoms with Crippen molar-refractivity contribution in [2.75, 3.05) is 7.11 Å². The number of rotatable bonds is 9. The Hall–Kier alpha value is -2.73. The van der Waals surface area contributed by atoms with Crippen LogP contribution in [0, 0.1) is 6.92 Å². The van der Waals surface area contributed by atoms with E-state index in [0.717, 1.165) is 58.4 Å². The monoisotopic (exact) mass is 381 g/mol. The van der Waals surface area contributed by atoms with E-state index in [1.165, 1.54) is 0 Å². The summed E-state index contributed by atoms with van der Waals surface area (Å²) in [5, 5.41) is 13.8. The van der Waals surface area contributed by atoms with Crippen LogP contribution in [-0.2, 0) is 29.0 Å². The van der Waals surface area contributed by atoms with Gasteiger partial charge in [0.25, 0.3) is 0 Å². The number of pyridine rings is 1. The van der Waals surface area contributed by atoms with Crippen molar-refractivity contribution in [2.24, 2.45) is 0 Å². The van der Waals surface area contributed by atoms with Crippen LogP contribution in [0.2, 0.25) is 0 Å². The Morgan fingerprint density at radius 3 is 2.75 bits per heavy atom. The van der Waals surface area contributed by atoms with Crippen LogP contribution in [0.1, 0.15) is 48.7 Å². The number of ether oxygens (including phenoxy) is 1. The zero-order valence-corrected chi connectivity index (χ0v) is 16.7. The number of aliphatic carboxylic acids is 1. The van der Waals surface area contributed by atoms with Crippen molar-refractivity contribution in [1.82, 2.24) is 14.6 Å². The van der Waals surface area contributed by atoms with Gasteiger partial charge in [0.15, 0.2) is 0 Å². The summed E-state index contributed by atoms with van der Waals surface area (Å²) in [4.78, 5) is 15.3. The molecule has 6 heteroatoms. The minimum absolute atomic E-state index is 0.182. The molecule has 0 amide bonds. The second-order valence-corrected chi connectivity index (χ2v) is 7.06. The van der Waals surface area contributed by atoms with Gasteiger partial charge in [0.2, 0.25) is 0 Å². The van der Waals surface area contributed by atoms with Gasteiger partial charge in [0.1, 0.15) is 0 Å². The summed E-state index contributed by atoms with van der Waals surface area (Å²) >= 11 is 0. The molecule has 3 rings (SSSR count). The Morgan fingerprint density at radius 1 is 1.25 bits per heavy atom. The summed E-state index contributed by atoms with van der Waals surface area (Å²) in [6.07, 6.45) is 6.98. The van der Waals surface area contributed by atoms with Crippen molar-refractivity contribution in [1.29, 1.82) is 0 Å². The molecule has 0 aliphatic carbocycles. The molecule has 0 atom stereocenters. The fourth-order valence-corrected chi connectivity index (χ4v) is 3.64. The summed E-state index contributed by atoms with van der Waals surface area (Å²) in [5.41, 5.74) is 7.48. The normalized spacial score (nSPS) is 11.2. The molecule has 0 radical (unpaired) electrons. The molecule has 0 spiro atoms. The lowest BCUT2D eigenvalue weighted by molar-refractivity contribution is -0.137. The third-order valence-electron chi connectivity index (χ3n) is 4.94. The van der Waals surface area contributed by atoms with Gasteiger partial charge in [0, 0.05) is 42.7 Å². The first-order valence-corrected chi connectivity index (χ1v) is 9.70. The minimum atomic E-state index is -0.757. The molecule has 0 aliphatic rings. The molecule has 0 saturated carbocycles. The molecule has 0 bridgehead atoms. The molecular weight excluding hydrogens is 354 g/mol. The first-order chi connectivity index (χ1) is 13.5. The quantitative estimate of drug-likeness (QED) is 0.562. The van der Waals surface area contributed by atoms with Gasteiger partial charge in [-0.1, -0.05) is 6.92 Å². The first-order valence-electron chi connectivity index (χ1n) is 9.70. The topological polar surface area (TPSA) is 76.7 Å². The molecule has 3 heterocycles. The first kappa shape index (κ1) is 20.0. The van der Waals surface area contributed by atoms with E-state index >= 15 is 0 Å². The molecule has 0 aromatic carbocycles. The SMILES string of the molecule is CCc1ccc2c(-c3cncc(C)c3)c(CCCCC(=O)O)c(COC)nn12. The maximum Gasteiger partial charge on any atom is 0.303 e. The lowest BCUT2D eigenvalue weighted by Gasteiger charge is -2.17. The average Bonchev–Trinajstić information content (AvgIpc) is 3.07. The van der Waals surface area contributed by atoms with E-state index in [0.29, 0.717) is 13.0 Å². The fraction of sp³-hybridized carbons (Fsp3) is 0.409. The molecule has 148 valence electrons. The lowest BCUT2D eigenvalue weighted by atomic mass is 9.95. The van der Waals surface area contributed by atoms with Crippen LogP contribution in [-0.4, -0.2) is 32.8 Å². The molecule has 3 aromatic rings. The van der Waals surface area contributed by atoms with Crippen molar-refractivity contribution >= 4 is 11.5 Å². The van der Waals surface area contributed by atoms with Gasteiger partial charge >= 0.3 is 5.97 Å². The standard InChI is InChI=1S/C22H27N3O3/c1-4-17-9-10-20-22(16-11-15(2)12-23-13-16)18(7-5-6-8-21(26)27)19(14-28-3)24-25(17)20/h9-13H,4-8,14H2,1-3H3,(H,26,27). The number of carboxylic acid groups (broad SMARTS) is 1. The number of aryl methyl sites for hydroxylation is 2. The number of nitrogens with zero attached hydrogens (tertiary/aromatic N) is 3. The Bertz CT molecular complexity index is 979. The largest absolute Gasteiger partial charge is 0.481 e. The number of hydrogen-bond donors (Lipinski definition) is 1. The molecule has 6 nitrogen and oxygen atoms in total. The maximum atomic E-state index is 10.9. The predicted octanol–water partition coefficient (Wildman–Crippen LogP) is 4.21. The summed E-state index contributed by atoms with van der Waals surface area (Å²) in [6.45, 7) is 4.57. The van der Waals surface area contributed by atoms with Gasteiger partial charge in [-0.2, -0.15) is 5.10 Å². The zero-order valence-electron chi connectivity index (χ0n) is 16.7. The van der Waals surface area contributed by atoms with Gasteiger partial charge in [-0.15, -0.1) is 0 Å². The van der Waals surface area contributed by atoms with Crippen molar-refractivity contribution < 1.29 is 14.6 Å². The summed E-state index contributed by atoms with van der Waals surface area (Å²) in [7, 11) is 1.67. The molecule has 28 heavy (non-hydrogen) atoms. The van der Waals surface area contributed by atoms with E-state index in [1.807, 2.05) is 23.8 Å². The van der Waals surface area contributed by atoms with Crippen LogP contribution in [0.5, 0.6) is 0 Å². The van der Waals surface area contributed by atoms with Crippen LogP contribution >= 0.6 is 0 Å². The third kappa shape index (κ3) is 4.22. The van der Waals surface area contributed by atoms with Gasteiger partial charge in [-0.3, -0.25) is 9.78 Å². The number of carboxylic acids is 1. The van der Waals surface area contributed by atoms with Crippen LogP contribution in [0.25, 0.3) is 16.6 Å². The van der Waals surface area contributed by atoms with E-state index in [4.69, 9.17) is 14.9 Å². The number of methoxy groups -OCH3 is 1. The van der Waals surface area contributed by atoms with Crippen molar-refractivity contribution in [2.45, 2.75) is 52.6 Å². The third-order valence-corrected chi connectivity index (χ3v) is 4.94. The number of unbranched alkanes of at least 4 members (excludes halogenated alkanes) is 1. The van der Waals surface area contributed by atoms with Crippen LogP contribution in [0.3, 0.4) is 0 Å². The summed E-state index contributed by atoms with van der Waals surface area (Å²) in [5.74, 6) is -0.757. The van der Waals surface area contributed by atoms with E-state index in [9.17, 15) is 4.79 Å². The number of hydrogen-bond acceptors (Lipinski definition) is 4. The average molecular weight is 381 g/mol. The van der Waals surface area contributed by atoms with Gasteiger partial charge < -0.3 is 9.84 Å². The number of fused-ring (bicyclic) bond motifs is 1. The molecule has 0 saturated heterocycles. The van der Waals surface area contributed by atoms with E-state index in [2.05, 4.69) is 30.1 Å². The molecule has 0 unspecified atom stereocenters. The second kappa shape index (κ2) is 8.97. The lowest BCUT2D eigenvalue weighted by Crippen LogP contribution is -2.10. The zero-order chi connectivity index (χ0) is 20.1. The Kier molecular flexibility index (Phi) is 6.41. The van der Waals surface area contributed by atoms with Gasteiger partial charge in [-0.05, 0) is 61.9 Å². The molecular formula is C22H27N3O3. The van der Waals surface area contributed by atoms with E-state index < -0.39 is 5.97 Å². The highest BCUT2D eigenvalue weighted by Gasteiger charge is 2.19. The molecule has 0 fully saturated rings. The van der Waals surface area contributed by atoms with Crippen molar-refractivity contribution in [3.8, 4) is 11.1 Å². The fourth-order valence-electron chi connectivity index (χ4n) is 3.64. The van der Waals surface area contributed by atoms with E-state index in [1.54, 1.807) is 7.11 Å². The molecule has 0 aliphatic heterocycles. The highest BCUT2D eigenvalue weighted by Crippen LogP contribution is 2.33. The number of carbonyl (C=O) groups is 1. The molecule has 3 aromatic heterocycles. The molecule has 1 N–H and O–H groups in total. The Balaban J connectivity index is 2.17. The summed E-state index contributed by atoms with van der Waals surface area (Å²) in [6, 6.07) is 6.36. The Labute approximate surface area is 165 Å². The minimum Gasteiger partial charge on any atom is -0.481 e. The highest BCUT2D eigenvalue weighted by atomic mass is 16.5. The van der Waals surface area contributed by atoms with Crippen LogP contribution in [0.15, 0.2) is 30.6 Å². The number of aromatic nitrogens is 3. The smallest absolute Gasteiger partial charge is 0.303 e. The maximum absolute atomic E-state index is 10.9. The summed E-state index contributed by atoms with van der Waals surface area (Å²) < 4.78 is 7.45.